The van der Waals surface area contributed by atoms with Crippen LogP contribution >= 0.6 is 0 Å². The molecule has 0 saturated heterocycles. The van der Waals surface area contributed by atoms with E-state index in [1.807, 2.05) is 6.07 Å². The van der Waals surface area contributed by atoms with Crippen LogP contribution in [0.2, 0.25) is 0 Å². The summed E-state index contributed by atoms with van der Waals surface area (Å²) in [6, 6.07) is 2.86. The van der Waals surface area contributed by atoms with Gasteiger partial charge in [0.05, 0.1) is 11.3 Å². The van der Waals surface area contributed by atoms with Crippen molar-refractivity contribution in [2.24, 2.45) is 0 Å². The maximum Gasteiger partial charge on any atom is 0.253 e. The van der Waals surface area contributed by atoms with Crippen molar-refractivity contribution in [1.82, 2.24) is 10.3 Å². The summed E-state index contributed by atoms with van der Waals surface area (Å²) in [6.07, 6.45) is 8.05. The van der Waals surface area contributed by atoms with Gasteiger partial charge in [-0.3, -0.25) is 9.78 Å². The monoisotopic (exact) mass is 217 g/mol. The van der Waals surface area contributed by atoms with E-state index < -0.39 is 0 Å². The van der Waals surface area contributed by atoms with Gasteiger partial charge in [-0.05, 0) is 31.7 Å². The average Bonchev–Trinajstić information content (AvgIpc) is 3.14. The Kier molecular flexibility index (Phi) is 2.27. The number of anilines is 1. The molecule has 0 aliphatic heterocycles. The first kappa shape index (κ1) is 9.63. The van der Waals surface area contributed by atoms with Crippen molar-refractivity contribution in [2.75, 3.05) is 5.32 Å². The minimum Gasteiger partial charge on any atom is -0.381 e. The second-order valence-electron chi connectivity index (χ2n) is 4.63. The standard InChI is InChI=1S/C12H15N3O/c16-12(15-10-3-4-10)8-5-11(7-13-6-8)14-9-1-2-9/h5-7,9-10,14H,1-4H2,(H,15,16). The molecule has 3 rings (SSSR count). The molecule has 4 heteroatoms. The third-order valence-corrected chi connectivity index (χ3v) is 2.86. The Labute approximate surface area is 94.5 Å². The van der Waals surface area contributed by atoms with E-state index in [0.29, 0.717) is 17.6 Å². The average molecular weight is 217 g/mol. The van der Waals surface area contributed by atoms with Gasteiger partial charge in [0.2, 0.25) is 0 Å². The van der Waals surface area contributed by atoms with Gasteiger partial charge in [0, 0.05) is 24.5 Å². The molecule has 0 radical (unpaired) electrons. The fourth-order valence-corrected chi connectivity index (χ4v) is 1.60. The van der Waals surface area contributed by atoms with E-state index in [9.17, 15) is 4.79 Å². The van der Waals surface area contributed by atoms with Crippen LogP contribution in [0.4, 0.5) is 5.69 Å². The molecule has 2 aliphatic rings. The molecular weight excluding hydrogens is 202 g/mol. The predicted molar refractivity (Wildman–Crippen MR) is 61.4 cm³/mol. The fourth-order valence-electron chi connectivity index (χ4n) is 1.60. The van der Waals surface area contributed by atoms with Gasteiger partial charge < -0.3 is 10.6 Å². The molecule has 1 aromatic rings. The zero-order chi connectivity index (χ0) is 11.0. The Morgan fingerprint density at radius 2 is 1.94 bits per heavy atom. The lowest BCUT2D eigenvalue weighted by Gasteiger charge is -2.06. The zero-order valence-corrected chi connectivity index (χ0v) is 9.07. The maximum absolute atomic E-state index is 11.8. The lowest BCUT2D eigenvalue weighted by atomic mass is 10.2. The summed E-state index contributed by atoms with van der Waals surface area (Å²) in [4.78, 5) is 15.9. The van der Waals surface area contributed by atoms with Crippen molar-refractivity contribution < 1.29 is 4.79 Å². The quantitative estimate of drug-likeness (QED) is 0.804. The second-order valence-corrected chi connectivity index (χ2v) is 4.63. The second kappa shape index (κ2) is 3.77. The molecule has 2 saturated carbocycles. The van der Waals surface area contributed by atoms with Crippen molar-refractivity contribution >= 4 is 11.6 Å². The van der Waals surface area contributed by atoms with E-state index >= 15 is 0 Å². The first-order valence-corrected chi connectivity index (χ1v) is 5.84. The number of rotatable bonds is 4. The molecule has 84 valence electrons. The van der Waals surface area contributed by atoms with E-state index in [2.05, 4.69) is 15.6 Å². The van der Waals surface area contributed by atoms with Gasteiger partial charge in [-0.2, -0.15) is 0 Å². The van der Waals surface area contributed by atoms with E-state index in [4.69, 9.17) is 0 Å². The Bertz CT molecular complexity index is 410. The molecule has 1 amide bonds. The molecule has 2 N–H and O–H groups in total. The molecule has 0 unspecified atom stereocenters. The molecule has 4 nitrogen and oxygen atoms in total. The first-order valence-electron chi connectivity index (χ1n) is 5.84. The number of nitrogens with zero attached hydrogens (tertiary/aromatic N) is 1. The maximum atomic E-state index is 11.8. The smallest absolute Gasteiger partial charge is 0.253 e. The number of hydrogen-bond donors (Lipinski definition) is 2. The van der Waals surface area contributed by atoms with Gasteiger partial charge in [-0.15, -0.1) is 0 Å². The van der Waals surface area contributed by atoms with Crippen molar-refractivity contribution in [3.05, 3.63) is 24.0 Å². The summed E-state index contributed by atoms with van der Waals surface area (Å²) >= 11 is 0. The van der Waals surface area contributed by atoms with Gasteiger partial charge >= 0.3 is 0 Å². The SMILES string of the molecule is O=C(NC1CC1)c1cncc(NC2CC2)c1. The van der Waals surface area contributed by atoms with Crippen LogP contribution in [0.5, 0.6) is 0 Å². The Morgan fingerprint density at radius 3 is 2.62 bits per heavy atom. The van der Waals surface area contributed by atoms with E-state index in [1.165, 1.54) is 12.8 Å². The summed E-state index contributed by atoms with van der Waals surface area (Å²) in [5, 5.41) is 6.30. The topological polar surface area (TPSA) is 54.0 Å². The molecule has 16 heavy (non-hydrogen) atoms. The van der Waals surface area contributed by atoms with Crippen LogP contribution in [0.1, 0.15) is 36.0 Å². The van der Waals surface area contributed by atoms with Crippen LogP contribution < -0.4 is 10.6 Å². The molecule has 1 heterocycles. The van der Waals surface area contributed by atoms with E-state index in [-0.39, 0.29) is 5.91 Å². The molecule has 0 aromatic carbocycles. The van der Waals surface area contributed by atoms with Crippen LogP contribution in [0.3, 0.4) is 0 Å². The zero-order valence-electron chi connectivity index (χ0n) is 9.07. The highest BCUT2D eigenvalue weighted by Gasteiger charge is 2.24. The highest BCUT2D eigenvalue weighted by molar-refractivity contribution is 5.95. The summed E-state index contributed by atoms with van der Waals surface area (Å²) in [5.74, 6) is -0.00514. The van der Waals surface area contributed by atoms with Crippen molar-refractivity contribution in [1.29, 1.82) is 0 Å². The minimum absolute atomic E-state index is 0.00514. The third kappa shape index (κ3) is 2.32. The molecule has 2 aliphatic carbocycles. The molecular formula is C12H15N3O. The van der Waals surface area contributed by atoms with Crippen molar-refractivity contribution in [3.63, 3.8) is 0 Å². The van der Waals surface area contributed by atoms with Crippen molar-refractivity contribution in [3.8, 4) is 0 Å². The normalized spacial score (nSPS) is 19.2. The summed E-state index contributed by atoms with van der Waals surface area (Å²) in [7, 11) is 0. The van der Waals surface area contributed by atoms with Gasteiger partial charge in [0.15, 0.2) is 0 Å². The van der Waals surface area contributed by atoms with Crippen molar-refractivity contribution in [2.45, 2.75) is 37.8 Å². The number of hydrogen-bond acceptors (Lipinski definition) is 3. The third-order valence-electron chi connectivity index (χ3n) is 2.86. The van der Waals surface area contributed by atoms with Gasteiger partial charge in [-0.25, -0.2) is 0 Å². The summed E-state index contributed by atoms with van der Waals surface area (Å²) in [6.45, 7) is 0. The minimum atomic E-state index is -0.00514. The lowest BCUT2D eigenvalue weighted by Crippen LogP contribution is -2.25. The molecule has 2 fully saturated rings. The van der Waals surface area contributed by atoms with E-state index in [0.717, 1.165) is 18.5 Å². The highest BCUT2D eigenvalue weighted by Crippen LogP contribution is 2.24. The predicted octanol–water partition coefficient (Wildman–Crippen LogP) is 1.55. The van der Waals surface area contributed by atoms with Crippen LogP contribution in [0, 0.1) is 0 Å². The van der Waals surface area contributed by atoms with Crippen LogP contribution in [0.15, 0.2) is 18.5 Å². The van der Waals surface area contributed by atoms with Crippen LogP contribution in [-0.4, -0.2) is 23.0 Å². The van der Waals surface area contributed by atoms with Crippen LogP contribution in [0.25, 0.3) is 0 Å². The Balaban J connectivity index is 1.69. The van der Waals surface area contributed by atoms with Crippen LogP contribution in [-0.2, 0) is 0 Å². The molecule has 1 aromatic heterocycles. The first-order chi connectivity index (χ1) is 7.81. The fraction of sp³-hybridized carbons (Fsp3) is 0.500. The molecule has 0 spiro atoms. The molecule has 0 atom stereocenters. The number of nitrogens with one attached hydrogen (secondary N) is 2. The number of carbonyl (C=O) groups excluding carboxylic acids is 1. The number of amides is 1. The van der Waals surface area contributed by atoms with Gasteiger partial charge in [0.1, 0.15) is 0 Å². The van der Waals surface area contributed by atoms with Gasteiger partial charge in [-0.1, -0.05) is 0 Å². The highest BCUT2D eigenvalue weighted by atomic mass is 16.1. The lowest BCUT2D eigenvalue weighted by molar-refractivity contribution is 0.0951. The Morgan fingerprint density at radius 1 is 1.19 bits per heavy atom. The largest absolute Gasteiger partial charge is 0.381 e. The number of carbonyl (C=O) groups is 1. The number of pyridine rings is 1. The number of aromatic nitrogens is 1. The Hall–Kier alpha value is -1.58. The summed E-state index contributed by atoms with van der Waals surface area (Å²) < 4.78 is 0. The summed E-state index contributed by atoms with van der Waals surface area (Å²) in [5.41, 5.74) is 1.60. The molecule has 0 bridgehead atoms. The van der Waals surface area contributed by atoms with Gasteiger partial charge in [0.25, 0.3) is 5.91 Å². The van der Waals surface area contributed by atoms with E-state index in [1.54, 1.807) is 12.4 Å².